The minimum absolute atomic E-state index is 0.0681. The van der Waals surface area contributed by atoms with Gasteiger partial charge in [0.15, 0.2) is 4.90 Å². The summed E-state index contributed by atoms with van der Waals surface area (Å²) in [5.74, 6) is -1.23. The van der Waals surface area contributed by atoms with Gasteiger partial charge < -0.3 is 0 Å². The summed E-state index contributed by atoms with van der Waals surface area (Å²) in [7, 11) is -4.28. The van der Waals surface area contributed by atoms with Crippen molar-refractivity contribution in [3.8, 4) is 0 Å². The molecule has 0 aliphatic rings. The van der Waals surface area contributed by atoms with E-state index in [0.717, 1.165) is 35.9 Å². The van der Waals surface area contributed by atoms with E-state index in [2.05, 4.69) is 9.59 Å². The zero-order valence-electron chi connectivity index (χ0n) is 8.98. The van der Waals surface area contributed by atoms with E-state index in [9.17, 15) is 22.9 Å². The van der Waals surface area contributed by atoms with Gasteiger partial charge in [-0.2, -0.15) is 4.39 Å². The number of hydrogen-bond acceptors (Lipinski definition) is 7. The van der Waals surface area contributed by atoms with Crippen LogP contribution in [0, 0.1) is 15.9 Å². The fraction of sp³-hybridized carbons (Fsp3) is 0. The Hall–Kier alpha value is -2.14. The molecular formula is C8H5FN4O4S2. The fourth-order valence-corrected chi connectivity index (χ4v) is 3.16. The van der Waals surface area contributed by atoms with E-state index in [4.69, 9.17) is 0 Å². The Morgan fingerprint density at radius 3 is 2.74 bits per heavy atom. The van der Waals surface area contributed by atoms with Crippen LogP contribution in [-0.4, -0.2) is 22.9 Å². The molecule has 19 heavy (non-hydrogen) atoms. The topological polar surface area (TPSA) is 115 Å². The van der Waals surface area contributed by atoms with Crippen LogP contribution in [0.3, 0.4) is 0 Å². The van der Waals surface area contributed by atoms with Crippen molar-refractivity contribution in [3.05, 3.63) is 40.3 Å². The number of anilines is 1. The number of nitro benzene ring substituents is 1. The molecule has 0 aliphatic carbocycles. The summed E-state index contributed by atoms with van der Waals surface area (Å²) in [5.41, 5.74) is -1.10. The minimum Gasteiger partial charge on any atom is -0.268 e. The third kappa shape index (κ3) is 2.66. The highest BCUT2D eigenvalue weighted by atomic mass is 32.2. The van der Waals surface area contributed by atoms with E-state index in [1.165, 1.54) is 0 Å². The van der Waals surface area contributed by atoms with Gasteiger partial charge in [-0.15, -0.1) is 5.10 Å². The van der Waals surface area contributed by atoms with E-state index in [1.807, 2.05) is 4.72 Å². The molecule has 1 heterocycles. The molecule has 0 bridgehead atoms. The van der Waals surface area contributed by atoms with Gasteiger partial charge in [0.1, 0.15) is 5.00 Å². The highest BCUT2D eigenvalue weighted by Gasteiger charge is 2.29. The van der Waals surface area contributed by atoms with Gasteiger partial charge in [0.2, 0.25) is 5.82 Å². The lowest BCUT2D eigenvalue weighted by molar-refractivity contribution is -0.390. The van der Waals surface area contributed by atoms with E-state index in [1.54, 1.807) is 0 Å². The van der Waals surface area contributed by atoms with Crippen LogP contribution in [0.25, 0.3) is 0 Å². The number of rotatable bonds is 4. The molecule has 2 rings (SSSR count). The van der Waals surface area contributed by atoms with Crippen molar-refractivity contribution in [1.82, 2.24) is 9.59 Å². The van der Waals surface area contributed by atoms with Crippen molar-refractivity contribution in [3.63, 3.8) is 0 Å². The second-order valence-electron chi connectivity index (χ2n) is 3.23. The van der Waals surface area contributed by atoms with Crippen LogP contribution in [0.4, 0.5) is 15.1 Å². The lowest BCUT2D eigenvalue weighted by Crippen LogP contribution is -2.14. The Morgan fingerprint density at radius 1 is 1.42 bits per heavy atom. The summed E-state index contributed by atoms with van der Waals surface area (Å²) in [6, 6.07) is 2.82. The molecule has 100 valence electrons. The Morgan fingerprint density at radius 2 is 2.16 bits per heavy atom. The highest BCUT2D eigenvalue weighted by molar-refractivity contribution is 7.93. The second kappa shape index (κ2) is 4.85. The van der Waals surface area contributed by atoms with Gasteiger partial charge in [-0.25, -0.2) is 8.42 Å². The summed E-state index contributed by atoms with van der Waals surface area (Å²) in [5, 5.41) is 14.2. The number of aromatic nitrogens is 2. The van der Waals surface area contributed by atoms with Crippen LogP contribution >= 0.6 is 11.5 Å². The number of halogens is 1. The standard InChI is InChI=1S/C8H5FN4O4S2/c9-5-2-1-3-6(8(5)13(14)15)19(16,17)11-7-4-10-12-18-7/h1-4,11H. The molecule has 0 fully saturated rings. The third-order valence-corrected chi connectivity index (χ3v) is 4.12. The van der Waals surface area contributed by atoms with Gasteiger partial charge >= 0.3 is 5.69 Å². The fourth-order valence-electron chi connectivity index (χ4n) is 1.29. The lowest BCUT2D eigenvalue weighted by Gasteiger charge is -2.05. The van der Waals surface area contributed by atoms with Crippen LogP contribution in [0.15, 0.2) is 29.3 Å². The number of hydrogen-bond donors (Lipinski definition) is 1. The summed E-state index contributed by atoms with van der Waals surface area (Å²) < 4.78 is 42.7. The molecular weight excluding hydrogens is 299 g/mol. The Bertz CT molecular complexity index is 716. The first-order valence-electron chi connectivity index (χ1n) is 4.65. The zero-order valence-corrected chi connectivity index (χ0v) is 10.6. The largest absolute Gasteiger partial charge is 0.325 e. The van der Waals surface area contributed by atoms with Crippen molar-refractivity contribution in [2.75, 3.05) is 4.72 Å². The summed E-state index contributed by atoms with van der Waals surface area (Å²) in [6.07, 6.45) is 1.13. The summed E-state index contributed by atoms with van der Waals surface area (Å²) in [4.78, 5) is 8.90. The van der Waals surface area contributed by atoms with Gasteiger partial charge in [0, 0.05) is 11.5 Å². The number of nitro groups is 1. The van der Waals surface area contributed by atoms with E-state index >= 15 is 0 Å². The van der Waals surface area contributed by atoms with Crippen molar-refractivity contribution in [1.29, 1.82) is 0 Å². The van der Waals surface area contributed by atoms with Crippen LogP contribution in [-0.2, 0) is 10.0 Å². The normalized spacial score (nSPS) is 11.2. The molecule has 1 N–H and O–H groups in total. The van der Waals surface area contributed by atoms with Gasteiger partial charge in [0.05, 0.1) is 11.1 Å². The van der Waals surface area contributed by atoms with Gasteiger partial charge in [-0.1, -0.05) is 10.6 Å². The Kier molecular flexibility index (Phi) is 3.40. The first kappa shape index (κ1) is 13.3. The average molecular weight is 304 g/mol. The number of nitrogens with one attached hydrogen (secondary N) is 1. The van der Waals surface area contributed by atoms with Crippen molar-refractivity contribution in [2.24, 2.45) is 0 Å². The van der Waals surface area contributed by atoms with E-state index in [-0.39, 0.29) is 5.00 Å². The molecule has 8 nitrogen and oxygen atoms in total. The molecule has 0 saturated heterocycles. The van der Waals surface area contributed by atoms with E-state index < -0.39 is 31.3 Å². The van der Waals surface area contributed by atoms with Gasteiger partial charge in [-0.05, 0) is 12.1 Å². The Balaban J connectivity index is 2.52. The lowest BCUT2D eigenvalue weighted by atomic mass is 10.3. The average Bonchev–Trinajstić information content (AvgIpc) is 2.80. The zero-order chi connectivity index (χ0) is 14.0. The molecule has 2 aromatic rings. The van der Waals surface area contributed by atoms with Crippen LogP contribution in [0.1, 0.15) is 0 Å². The van der Waals surface area contributed by atoms with Gasteiger partial charge in [0.25, 0.3) is 10.0 Å². The SMILES string of the molecule is O=[N+]([O-])c1c(F)cccc1S(=O)(=O)Nc1cnns1. The van der Waals surface area contributed by atoms with Crippen molar-refractivity contribution in [2.45, 2.75) is 4.90 Å². The van der Waals surface area contributed by atoms with Crippen LogP contribution < -0.4 is 4.72 Å². The first-order valence-corrected chi connectivity index (χ1v) is 6.90. The molecule has 1 aromatic carbocycles. The molecule has 0 aliphatic heterocycles. The summed E-state index contributed by atoms with van der Waals surface area (Å²) in [6.45, 7) is 0. The molecule has 0 unspecified atom stereocenters. The predicted molar refractivity (Wildman–Crippen MR) is 63.8 cm³/mol. The minimum atomic E-state index is -4.28. The quantitative estimate of drug-likeness (QED) is 0.674. The Labute approximate surface area is 110 Å². The van der Waals surface area contributed by atoms with Crippen LogP contribution in [0.2, 0.25) is 0 Å². The molecule has 0 spiro atoms. The molecule has 0 atom stereocenters. The maximum Gasteiger partial charge on any atom is 0.325 e. The smallest absolute Gasteiger partial charge is 0.268 e. The number of para-hydroxylation sites is 1. The third-order valence-electron chi connectivity index (χ3n) is 2.02. The van der Waals surface area contributed by atoms with Crippen LogP contribution in [0.5, 0.6) is 0 Å². The maximum absolute atomic E-state index is 13.4. The van der Waals surface area contributed by atoms with Crippen molar-refractivity contribution >= 4 is 32.2 Å². The maximum atomic E-state index is 13.4. The summed E-state index contributed by atoms with van der Waals surface area (Å²) >= 11 is 0.748. The number of nitrogens with zero attached hydrogens (tertiary/aromatic N) is 3. The molecule has 1 aromatic heterocycles. The molecule has 0 saturated carbocycles. The number of sulfonamides is 1. The highest BCUT2D eigenvalue weighted by Crippen LogP contribution is 2.28. The monoisotopic (exact) mass is 304 g/mol. The predicted octanol–water partition coefficient (Wildman–Crippen LogP) is 1.39. The van der Waals surface area contributed by atoms with E-state index in [0.29, 0.717) is 0 Å². The molecule has 0 amide bonds. The molecule has 11 heteroatoms. The number of benzene rings is 1. The molecule has 0 radical (unpaired) electrons. The first-order chi connectivity index (χ1) is 8.92. The second-order valence-corrected chi connectivity index (χ2v) is 5.67. The van der Waals surface area contributed by atoms with Crippen molar-refractivity contribution < 1.29 is 17.7 Å². The van der Waals surface area contributed by atoms with Gasteiger partial charge in [-0.3, -0.25) is 14.8 Å².